The average molecular weight is 352 g/mol. The van der Waals surface area contributed by atoms with Crippen molar-refractivity contribution in [1.29, 1.82) is 0 Å². The summed E-state index contributed by atoms with van der Waals surface area (Å²) in [5, 5.41) is 11.9. The second-order valence-corrected chi connectivity index (χ2v) is 6.19. The van der Waals surface area contributed by atoms with Crippen molar-refractivity contribution in [2.75, 3.05) is 0 Å². The van der Waals surface area contributed by atoms with Crippen molar-refractivity contribution in [2.45, 2.75) is 18.9 Å². The van der Waals surface area contributed by atoms with Crippen LogP contribution in [-0.4, -0.2) is 23.3 Å². The number of hydrazine groups is 1. The standard InChI is InChI=1S/C19H20N4O3/c20-23-11-22-15-6-2-5-14(8-15)18(24)21-10-12-3-1-4-13(7-12)16-9-17(16)19(25)26/h1-8,11,16-17H,9-10,20H2,(H,21,24)(H,22,23)(H,25,26). The maximum atomic E-state index is 12.3. The predicted molar refractivity (Wildman–Crippen MR) is 98.0 cm³/mol. The summed E-state index contributed by atoms with van der Waals surface area (Å²) in [6.45, 7) is 0.370. The van der Waals surface area contributed by atoms with Crippen LogP contribution in [0.4, 0.5) is 5.69 Å². The summed E-state index contributed by atoms with van der Waals surface area (Å²) in [6.07, 6.45) is 2.01. The van der Waals surface area contributed by atoms with E-state index in [4.69, 9.17) is 10.9 Å². The molecule has 0 aliphatic heterocycles. The number of benzene rings is 2. The van der Waals surface area contributed by atoms with E-state index in [9.17, 15) is 9.59 Å². The van der Waals surface area contributed by atoms with Crippen molar-refractivity contribution in [2.24, 2.45) is 16.8 Å². The van der Waals surface area contributed by atoms with E-state index in [-0.39, 0.29) is 17.7 Å². The summed E-state index contributed by atoms with van der Waals surface area (Å²) in [5.74, 6) is 3.98. The highest BCUT2D eigenvalue weighted by molar-refractivity contribution is 5.95. The maximum Gasteiger partial charge on any atom is 0.307 e. The summed E-state index contributed by atoms with van der Waals surface area (Å²) < 4.78 is 0. The summed E-state index contributed by atoms with van der Waals surface area (Å²) in [7, 11) is 0. The van der Waals surface area contributed by atoms with Crippen molar-refractivity contribution in [3.8, 4) is 0 Å². The second-order valence-electron chi connectivity index (χ2n) is 6.19. The van der Waals surface area contributed by atoms with E-state index in [1.807, 2.05) is 24.3 Å². The Hall–Kier alpha value is -3.19. The number of amides is 1. The highest BCUT2D eigenvalue weighted by Crippen LogP contribution is 2.47. The molecular weight excluding hydrogens is 332 g/mol. The van der Waals surface area contributed by atoms with Crippen LogP contribution in [0.2, 0.25) is 0 Å². The minimum Gasteiger partial charge on any atom is -0.481 e. The Bertz CT molecular complexity index is 850. The third-order valence-electron chi connectivity index (χ3n) is 4.34. The number of aliphatic carboxylic acids is 1. The number of hydrogen-bond acceptors (Lipinski definition) is 4. The van der Waals surface area contributed by atoms with Crippen molar-refractivity contribution in [1.82, 2.24) is 10.7 Å². The van der Waals surface area contributed by atoms with E-state index < -0.39 is 5.97 Å². The Balaban J connectivity index is 1.61. The summed E-state index contributed by atoms with van der Waals surface area (Å²) in [6, 6.07) is 14.6. The number of carbonyl (C=O) groups excluding carboxylic acids is 1. The Labute approximate surface area is 150 Å². The SMILES string of the molecule is NNC=Nc1cccc(C(=O)NCc2cccc(C3CC3C(=O)O)c2)c1. The number of rotatable bonds is 7. The first-order valence-electron chi connectivity index (χ1n) is 8.27. The molecule has 0 bridgehead atoms. The average Bonchev–Trinajstić information content (AvgIpc) is 3.46. The molecule has 1 saturated carbocycles. The highest BCUT2D eigenvalue weighted by atomic mass is 16.4. The molecule has 1 aliphatic carbocycles. The van der Waals surface area contributed by atoms with Crippen LogP contribution < -0.4 is 16.6 Å². The smallest absolute Gasteiger partial charge is 0.307 e. The van der Waals surface area contributed by atoms with Crippen molar-refractivity contribution < 1.29 is 14.7 Å². The molecule has 0 spiro atoms. The molecule has 1 aliphatic rings. The van der Waals surface area contributed by atoms with Gasteiger partial charge in [-0.3, -0.25) is 9.59 Å². The van der Waals surface area contributed by atoms with E-state index in [1.165, 1.54) is 6.34 Å². The molecule has 0 aromatic heterocycles. The number of aliphatic imine (C=N–C) groups is 1. The van der Waals surface area contributed by atoms with E-state index in [0.717, 1.165) is 11.1 Å². The van der Waals surface area contributed by atoms with Crippen molar-refractivity contribution >= 4 is 23.9 Å². The minimum absolute atomic E-state index is 0.0776. The molecule has 5 N–H and O–H groups in total. The summed E-state index contributed by atoms with van der Waals surface area (Å²) in [5.41, 5.74) is 5.38. The number of nitrogens with two attached hydrogens (primary N) is 1. The molecule has 2 unspecified atom stereocenters. The lowest BCUT2D eigenvalue weighted by atomic mass is 10.1. The molecule has 1 amide bonds. The highest BCUT2D eigenvalue weighted by Gasteiger charge is 2.44. The Kier molecular flexibility index (Phi) is 5.28. The van der Waals surface area contributed by atoms with Crippen LogP contribution in [0.15, 0.2) is 53.5 Å². The first-order chi connectivity index (χ1) is 12.6. The van der Waals surface area contributed by atoms with Gasteiger partial charge >= 0.3 is 5.97 Å². The molecule has 0 saturated heterocycles. The van der Waals surface area contributed by atoms with Crippen molar-refractivity contribution in [3.63, 3.8) is 0 Å². The molecule has 2 aromatic carbocycles. The minimum atomic E-state index is -0.749. The lowest BCUT2D eigenvalue weighted by Crippen LogP contribution is -2.22. The zero-order valence-electron chi connectivity index (χ0n) is 14.1. The number of carboxylic acid groups (broad SMARTS) is 1. The van der Waals surface area contributed by atoms with Gasteiger partial charge in [-0.1, -0.05) is 30.3 Å². The van der Waals surface area contributed by atoms with Gasteiger partial charge in [-0.2, -0.15) is 0 Å². The normalized spacial score (nSPS) is 18.5. The zero-order chi connectivity index (χ0) is 18.5. The number of carboxylic acids is 1. The largest absolute Gasteiger partial charge is 0.481 e. The molecule has 7 nitrogen and oxygen atoms in total. The fourth-order valence-corrected chi connectivity index (χ4v) is 2.89. The number of nitrogens with zero attached hydrogens (tertiary/aromatic N) is 1. The van der Waals surface area contributed by atoms with Gasteiger partial charge in [0.15, 0.2) is 0 Å². The molecule has 134 valence electrons. The predicted octanol–water partition coefficient (Wildman–Crippen LogP) is 1.93. The topological polar surface area (TPSA) is 117 Å². The molecular formula is C19H20N4O3. The zero-order valence-corrected chi connectivity index (χ0v) is 14.1. The fraction of sp³-hybridized carbons (Fsp3) is 0.211. The van der Waals surface area contributed by atoms with Crippen LogP contribution >= 0.6 is 0 Å². The van der Waals surface area contributed by atoms with Crippen LogP contribution in [-0.2, 0) is 11.3 Å². The number of hydrogen-bond donors (Lipinski definition) is 4. The van der Waals surface area contributed by atoms with E-state index in [1.54, 1.807) is 24.3 Å². The quantitative estimate of drug-likeness (QED) is 0.263. The van der Waals surface area contributed by atoms with Gasteiger partial charge in [-0.05, 0) is 41.7 Å². The van der Waals surface area contributed by atoms with Gasteiger partial charge in [0.25, 0.3) is 5.91 Å². The van der Waals surface area contributed by atoms with Crippen LogP contribution in [0.3, 0.4) is 0 Å². The molecule has 3 rings (SSSR count). The van der Waals surface area contributed by atoms with Gasteiger partial charge in [-0.25, -0.2) is 10.8 Å². The van der Waals surface area contributed by atoms with Gasteiger partial charge in [0.2, 0.25) is 0 Å². The van der Waals surface area contributed by atoms with Crippen LogP contribution in [0.5, 0.6) is 0 Å². The Morgan fingerprint density at radius 3 is 2.77 bits per heavy atom. The first-order valence-corrected chi connectivity index (χ1v) is 8.27. The molecule has 2 atom stereocenters. The third-order valence-corrected chi connectivity index (χ3v) is 4.34. The number of nitrogens with one attached hydrogen (secondary N) is 2. The maximum absolute atomic E-state index is 12.3. The second kappa shape index (κ2) is 7.79. The van der Waals surface area contributed by atoms with E-state index >= 15 is 0 Å². The number of carbonyl (C=O) groups is 2. The first kappa shape index (κ1) is 17.6. The summed E-state index contributed by atoms with van der Waals surface area (Å²) >= 11 is 0. The third kappa shape index (κ3) is 4.25. The lowest BCUT2D eigenvalue weighted by molar-refractivity contribution is -0.138. The van der Waals surface area contributed by atoms with Gasteiger partial charge < -0.3 is 15.8 Å². The van der Waals surface area contributed by atoms with Gasteiger partial charge in [0, 0.05) is 12.1 Å². The Morgan fingerprint density at radius 2 is 2.04 bits per heavy atom. The van der Waals surface area contributed by atoms with Gasteiger partial charge in [0.1, 0.15) is 6.34 Å². The van der Waals surface area contributed by atoms with Crippen LogP contribution in [0.1, 0.15) is 33.8 Å². The van der Waals surface area contributed by atoms with E-state index in [2.05, 4.69) is 15.7 Å². The van der Waals surface area contributed by atoms with Crippen LogP contribution in [0, 0.1) is 5.92 Å². The van der Waals surface area contributed by atoms with Crippen LogP contribution in [0.25, 0.3) is 0 Å². The monoisotopic (exact) mass is 352 g/mol. The molecule has 2 aromatic rings. The lowest BCUT2D eigenvalue weighted by Gasteiger charge is -2.08. The van der Waals surface area contributed by atoms with Crippen molar-refractivity contribution in [3.05, 3.63) is 65.2 Å². The van der Waals surface area contributed by atoms with Gasteiger partial charge in [0.05, 0.1) is 11.6 Å². The molecule has 26 heavy (non-hydrogen) atoms. The molecule has 7 heteroatoms. The summed E-state index contributed by atoms with van der Waals surface area (Å²) in [4.78, 5) is 27.4. The molecule has 1 fully saturated rings. The van der Waals surface area contributed by atoms with E-state index in [0.29, 0.717) is 24.2 Å². The van der Waals surface area contributed by atoms with Gasteiger partial charge in [-0.15, -0.1) is 0 Å². The molecule has 0 radical (unpaired) electrons. The fourth-order valence-electron chi connectivity index (χ4n) is 2.89. The Morgan fingerprint density at radius 1 is 1.23 bits per heavy atom. The molecule has 0 heterocycles.